The smallest absolute Gasteiger partial charge is 0.123 e. The fourth-order valence-electron chi connectivity index (χ4n) is 1.70. The lowest BCUT2D eigenvalue weighted by atomic mass is 9.87. The van der Waals surface area contributed by atoms with Crippen molar-refractivity contribution in [3.8, 4) is 5.75 Å². The van der Waals surface area contributed by atoms with E-state index in [1.165, 1.54) is 5.56 Å². The highest BCUT2D eigenvalue weighted by Gasteiger charge is 2.32. The van der Waals surface area contributed by atoms with Crippen molar-refractivity contribution in [1.29, 1.82) is 0 Å². The van der Waals surface area contributed by atoms with E-state index < -0.39 is 0 Å². The highest BCUT2D eigenvalue weighted by atomic mass is 35.5. The van der Waals surface area contributed by atoms with Gasteiger partial charge in [0.2, 0.25) is 0 Å². The molecule has 1 aromatic rings. The van der Waals surface area contributed by atoms with E-state index in [-0.39, 0.29) is 11.5 Å². The van der Waals surface area contributed by atoms with Gasteiger partial charge in [0.15, 0.2) is 0 Å². The lowest BCUT2D eigenvalue weighted by molar-refractivity contribution is 0.109. The predicted molar refractivity (Wildman–Crippen MR) is 59.0 cm³/mol. The Morgan fingerprint density at radius 2 is 2.07 bits per heavy atom. The summed E-state index contributed by atoms with van der Waals surface area (Å²) in [6.07, 6.45) is 1.25. The molecule has 0 spiro atoms. The Morgan fingerprint density at radius 1 is 1.36 bits per heavy atom. The van der Waals surface area contributed by atoms with Crippen LogP contribution >= 0.6 is 11.6 Å². The Balaban J connectivity index is 2.26. The van der Waals surface area contributed by atoms with Crippen molar-refractivity contribution < 1.29 is 4.74 Å². The summed E-state index contributed by atoms with van der Waals surface area (Å²) >= 11 is 5.93. The van der Waals surface area contributed by atoms with Crippen molar-refractivity contribution >= 4 is 11.6 Å². The first-order valence-electron chi connectivity index (χ1n) is 4.92. The molecule has 0 saturated heterocycles. The number of ether oxygens (including phenoxy) is 1. The zero-order valence-electron chi connectivity index (χ0n) is 8.80. The third kappa shape index (κ3) is 1.74. The first kappa shape index (κ1) is 9.85. The second-order valence-corrected chi connectivity index (χ2v) is 5.37. The number of hydrogen-bond donors (Lipinski definition) is 0. The molecule has 0 aliphatic carbocycles. The van der Waals surface area contributed by atoms with Crippen LogP contribution in [0.1, 0.15) is 26.3 Å². The van der Waals surface area contributed by atoms with Crippen molar-refractivity contribution in [3.05, 3.63) is 28.8 Å². The van der Waals surface area contributed by atoms with E-state index in [2.05, 4.69) is 20.8 Å². The number of benzene rings is 1. The van der Waals surface area contributed by atoms with Gasteiger partial charge in [-0.2, -0.15) is 0 Å². The van der Waals surface area contributed by atoms with Crippen molar-refractivity contribution in [3.63, 3.8) is 0 Å². The normalized spacial score (nSPS) is 20.4. The van der Waals surface area contributed by atoms with Gasteiger partial charge in [0.05, 0.1) is 0 Å². The van der Waals surface area contributed by atoms with E-state index in [0.717, 1.165) is 17.2 Å². The third-order valence-corrected chi connectivity index (χ3v) is 2.90. The number of halogens is 1. The van der Waals surface area contributed by atoms with Gasteiger partial charge in [-0.05, 0) is 29.2 Å². The molecule has 0 bridgehead atoms. The maximum Gasteiger partial charge on any atom is 0.123 e. The second kappa shape index (κ2) is 3.16. The summed E-state index contributed by atoms with van der Waals surface area (Å²) in [6.45, 7) is 6.60. The van der Waals surface area contributed by atoms with Crippen LogP contribution in [0.25, 0.3) is 0 Å². The van der Waals surface area contributed by atoms with Gasteiger partial charge >= 0.3 is 0 Å². The van der Waals surface area contributed by atoms with Gasteiger partial charge in [-0.25, -0.2) is 0 Å². The van der Waals surface area contributed by atoms with Crippen LogP contribution in [-0.2, 0) is 6.42 Å². The van der Waals surface area contributed by atoms with Gasteiger partial charge < -0.3 is 4.74 Å². The predicted octanol–water partition coefficient (Wildman–Crippen LogP) is 3.69. The number of fused-ring (bicyclic) bond motifs is 1. The summed E-state index contributed by atoms with van der Waals surface area (Å²) in [6, 6.07) is 5.84. The minimum absolute atomic E-state index is 0.186. The highest BCUT2D eigenvalue weighted by Crippen LogP contribution is 2.37. The minimum atomic E-state index is 0.186. The largest absolute Gasteiger partial charge is 0.489 e. The fraction of sp³-hybridized carbons (Fsp3) is 0.500. The molecule has 0 amide bonds. The Kier molecular flexibility index (Phi) is 2.23. The molecule has 2 rings (SSSR count). The Bertz CT molecular complexity index is 352. The molecule has 1 atom stereocenters. The van der Waals surface area contributed by atoms with Gasteiger partial charge in [0.1, 0.15) is 11.9 Å². The number of hydrogen-bond acceptors (Lipinski definition) is 1. The Morgan fingerprint density at radius 3 is 2.71 bits per heavy atom. The van der Waals surface area contributed by atoms with Gasteiger partial charge in [-0.15, -0.1) is 0 Å². The molecule has 76 valence electrons. The molecule has 0 saturated carbocycles. The molecule has 1 heterocycles. The van der Waals surface area contributed by atoms with Crippen LogP contribution in [0.5, 0.6) is 5.75 Å². The van der Waals surface area contributed by atoms with E-state index in [1.54, 1.807) is 0 Å². The minimum Gasteiger partial charge on any atom is -0.489 e. The standard InChI is InChI=1S/C12H15ClO/c1-12(2,3)11-7-8-6-9(13)4-5-10(8)14-11/h4-6,11H,7H2,1-3H3. The topological polar surface area (TPSA) is 9.23 Å². The van der Waals surface area contributed by atoms with E-state index in [0.29, 0.717) is 0 Å². The van der Waals surface area contributed by atoms with Gasteiger partial charge in [0.25, 0.3) is 0 Å². The summed E-state index contributed by atoms with van der Waals surface area (Å²) in [5.41, 5.74) is 1.42. The Labute approximate surface area is 90.0 Å². The molecule has 0 fully saturated rings. The monoisotopic (exact) mass is 210 g/mol. The first-order chi connectivity index (χ1) is 6.47. The van der Waals surface area contributed by atoms with E-state index in [9.17, 15) is 0 Å². The summed E-state index contributed by atoms with van der Waals surface area (Å²) in [4.78, 5) is 0. The van der Waals surface area contributed by atoms with Crippen molar-refractivity contribution in [2.24, 2.45) is 5.41 Å². The molecule has 0 N–H and O–H groups in total. The summed E-state index contributed by atoms with van der Waals surface area (Å²) in [7, 11) is 0. The summed E-state index contributed by atoms with van der Waals surface area (Å²) in [5.74, 6) is 0.995. The van der Waals surface area contributed by atoms with E-state index >= 15 is 0 Å². The van der Waals surface area contributed by atoms with Crippen LogP contribution in [-0.4, -0.2) is 6.10 Å². The molecule has 1 aliphatic rings. The molecule has 1 unspecified atom stereocenters. The molecule has 14 heavy (non-hydrogen) atoms. The average molecular weight is 211 g/mol. The second-order valence-electron chi connectivity index (χ2n) is 4.93. The van der Waals surface area contributed by atoms with Crippen molar-refractivity contribution in [2.75, 3.05) is 0 Å². The first-order valence-corrected chi connectivity index (χ1v) is 5.30. The molecule has 1 nitrogen and oxygen atoms in total. The number of rotatable bonds is 0. The lowest BCUT2D eigenvalue weighted by Crippen LogP contribution is -2.30. The summed E-state index contributed by atoms with van der Waals surface area (Å²) in [5, 5.41) is 0.793. The van der Waals surface area contributed by atoms with Crippen molar-refractivity contribution in [2.45, 2.75) is 33.3 Å². The molecular formula is C12H15ClO. The molecule has 2 heteroatoms. The maximum absolute atomic E-state index is 5.93. The molecular weight excluding hydrogens is 196 g/mol. The Hall–Kier alpha value is -0.690. The van der Waals surface area contributed by atoms with Crippen LogP contribution in [0.2, 0.25) is 5.02 Å². The molecule has 0 aromatic heterocycles. The van der Waals surface area contributed by atoms with Crippen LogP contribution in [0.15, 0.2) is 18.2 Å². The zero-order valence-corrected chi connectivity index (χ0v) is 9.56. The molecule has 0 radical (unpaired) electrons. The maximum atomic E-state index is 5.93. The van der Waals surface area contributed by atoms with Gasteiger partial charge in [-0.3, -0.25) is 0 Å². The quantitative estimate of drug-likeness (QED) is 0.635. The zero-order chi connectivity index (χ0) is 10.3. The molecule has 1 aromatic carbocycles. The average Bonchev–Trinajstić information content (AvgIpc) is 2.45. The van der Waals surface area contributed by atoms with Crippen LogP contribution in [0, 0.1) is 5.41 Å². The third-order valence-electron chi connectivity index (χ3n) is 2.66. The van der Waals surface area contributed by atoms with E-state index in [4.69, 9.17) is 16.3 Å². The van der Waals surface area contributed by atoms with Gasteiger partial charge in [0, 0.05) is 11.4 Å². The van der Waals surface area contributed by atoms with Crippen LogP contribution < -0.4 is 4.74 Å². The van der Waals surface area contributed by atoms with Crippen LogP contribution in [0.4, 0.5) is 0 Å². The van der Waals surface area contributed by atoms with Gasteiger partial charge in [-0.1, -0.05) is 32.4 Å². The van der Waals surface area contributed by atoms with Crippen molar-refractivity contribution in [1.82, 2.24) is 0 Å². The molecule has 1 aliphatic heterocycles. The summed E-state index contributed by atoms with van der Waals surface area (Å²) < 4.78 is 5.87. The fourth-order valence-corrected chi connectivity index (χ4v) is 1.89. The highest BCUT2D eigenvalue weighted by molar-refractivity contribution is 6.30. The lowest BCUT2D eigenvalue weighted by Gasteiger charge is -2.25. The van der Waals surface area contributed by atoms with Crippen LogP contribution in [0.3, 0.4) is 0 Å². The van der Waals surface area contributed by atoms with E-state index in [1.807, 2.05) is 18.2 Å². The SMILES string of the molecule is CC(C)(C)C1Cc2cc(Cl)ccc2O1.